The van der Waals surface area contributed by atoms with Crippen molar-refractivity contribution in [1.29, 1.82) is 0 Å². The Morgan fingerprint density at radius 2 is 1.81 bits per heavy atom. The van der Waals surface area contributed by atoms with Crippen LogP contribution in [0.2, 0.25) is 0 Å². The van der Waals surface area contributed by atoms with Gasteiger partial charge in [0.25, 0.3) is 5.91 Å². The van der Waals surface area contributed by atoms with E-state index in [9.17, 15) is 9.59 Å². The quantitative estimate of drug-likeness (QED) is 0.162. The molecule has 0 fully saturated rings. The summed E-state index contributed by atoms with van der Waals surface area (Å²) in [5.74, 6) is -0.0521. The van der Waals surface area contributed by atoms with Crippen molar-refractivity contribution in [3.05, 3.63) is 84.4 Å². The average Bonchev–Trinajstić information content (AvgIpc) is 2.88. The molecule has 0 saturated carbocycles. The Morgan fingerprint density at radius 3 is 2.58 bits per heavy atom. The van der Waals surface area contributed by atoms with Gasteiger partial charge < -0.3 is 14.6 Å². The molecule has 8 heteroatoms. The molecule has 1 atom stereocenters. The van der Waals surface area contributed by atoms with E-state index >= 15 is 0 Å². The predicted octanol–water partition coefficient (Wildman–Crippen LogP) is 5.37. The summed E-state index contributed by atoms with van der Waals surface area (Å²) in [6.07, 6.45) is 2.76. The van der Waals surface area contributed by atoms with Crippen LogP contribution in [0.5, 0.6) is 5.75 Å². The summed E-state index contributed by atoms with van der Waals surface area (Å²) < 4.78 is 11.6. The molecule has 190 valence electrons. The van der Waals surface area contributed by atoms with Crippen LogP contribution in [-0.4, -0.2) is 35.5 Å². The molecule has 0 saturated heterocycles. The van der Waals surface area contributed by atoms with Gasteiger partial charge in [0.1, 0.15) is 18.5 Å². The first-order valence-corrected chi connectivity index (χ1v) is 11.7. The molecule has 0 bridgehead atoms. The Balaban J connectivity index is 1.84. The molecule has 8 nitrogen and oxygen atoms in total. The summed E-state index contributed by atoms with van der Waals surface area (Å²) >= 11 is 0. The maximum Gasteiger partial charge on any atom is 0.412 e. The topological polar surface area (TPSA) is 117 Å². The third kappa shape index (κ3) is 7.31. The second-order valence-corrected chi connectivity index (χ2v) is 8.99. The fourth-order valence-electron chi connectivity index (χ4n) is 4.00. The van der Waals surface area contributed by atoms with Gasteiger partial charge in [-0.3, -0.25) is 15.3 Å². The first kappa shape index (κ1) is 26.7. The minimum atomic E-state index is -0.648. The van der Waals surface area contributed by atoms with E-state index in [0.717, 1.165) is 16.3 Å². The highest BCUT2D eigenvalue weighted by Crippen LogP contribution is 2.41. The third-order valence-corrected chi connectivity index (χ3v) is 5.82. The molecule has 0 aromatic heterocycles. The standard InChI is InChI=1S/C28H32N2O6/c1-28(2,16-6-5-15-25(32)30-34)26(21-11-7-12-22(19-21)35-18-17-31)36-27(33)29-24-14-8-10-20-9-3-4-13-23(20)24/h3-5,7-15,19,26,31,34H,6,16-18H2,1-2H3,(H,29,33)(H,30,32)/b15-5+/t26-/m0/s1. The first-order chi connectivity index (χ1) is 17.3. The van der Waals surface area contributed by atoms with Gasteiger partial charge in [-0.25, -0.2) is 10.3 Å². The zero-order valence-corrected chi connectivity index (χ0v) is 20.4. The molecular weight excluding hydrogens is 460 g/mol. The van der Waals surface area contributed by atoms with Crippen molar-refractivity contribution >= 4 is 28.5 Å². The molecule has 0 spiro atoms. The Kier molecular flexibility index (Phi) is 9.44. The second-order valence-electron chi connectivity index (χ2n) is 8.99. The molecule has 0 radical (unpaired) electrons. The van der Waals surface area contributed by atoms with Gasteiger partial charge in [-0.15, -0.1) is 0 Å². The number of hydrogen-bond acceptors (Lipinski definition) is 6. The summed E-state index contributed by atoms with van der Waals surface area (Å²) in [5.41, 5.74) is 2.41. The van der Waals surface area contributed by atoms with E-state index in [1.54, 1.807) is 23.7 Å². The number of allylic oxidation sites excluding steroid dienone is 1. The highest BCUT2D eigenvalue weighted by atomic mass is 16.6. The minimum absolute atomic E-state index is 0.114. The lowest BCUT2D eigenvalue weighted by Crippen LogP contribution is -2.29. The van der Waals surface area contributed by atoms with Crippen LogP contribution in [0, 0.1) is 5.41 Å². The number of carbonyl (C=O) groups is 2. The maximum atomic E-state index is 13.1. The Hall–Kier alpha value is -3.88. The second kappa shape index (κ2) is 12.7. The first-order valence-electron chi connectivity index (χ1n) is 11.7. The Labute approximate surface area is 210 Å². The van der Waals surface area contributed by atoms with Gasteiger partial charge >= 0.3 is 6.09 Å². The van der Waals surface area contributed by atoms with E-state index in [2.05, 4.69) is 5.32 Å². The van der Waals surface area contributed by atoms with Crippen LogP contribution in [0.3, 0.4) is 0 Å². The molecule has 0 aliphatic rings. The van der Waals surface area contributed by atoms with E-state index in [0.29, 0.717) is 24.3 Å². The van der Waals surface area contributed by atoms with Crippen molar-refractivity contribution in [3.8, 4) is 5.75 Å². The summed E-state index contributed by atoms with van der Waals surface area (Å²) in [5, 5.41) is 22.5. The van der Waals surface area contributed by atoms with Crippen molar-refractivity contribution in [2.45, 2.75) is 32.8 Å². The molecular formula is C28H32N2O6. The van der Waals surface area contributed by atoms with E-state index in [-0.39, 0.29) is 13.2 Å². The van der Waals surface area contributed by atoms with Crippen molar-refractivity contribution < 1.29 is 29.4 Å². The lowest BCUT2D eigenvalue weighted by Gasteiger charge is -2.34. The molecule has 0 heterocycles. The Bertz CT molecular complexity index is 1200. The van der Waals surface area contributed by atoms with Crippen LogP contribution in [-0.2, 0) is 9.53 Å². The van der Waals surface area contributed by atoms with Gasteiger partial charge in [0.05, 0.1) is 12.3 Å². The number of amides is 2. The largest absolute Gasteiger partial charge is 0.491 e. The molecule has 3 aromatic rings. The SMILES string of the molecule is CC(C)(CC/C=C/C(=O)NO)[C@@H](OC(=O)Nc1cccc2ccccc12)c1cccc(OCCO)c1. The van der Waals surface area contributed by atoms with Crippen molar-refractivity contribution in [2.24, 2.45) is 5.41 Å². The molecule has 4 N–H and O–H groups in total. The van der Waals surface area contributed by atoms with Crippen LogP contribution < -0.4 is 15.5 Å². The van der Waals surface area contributed by atoms with Crippen LogP contribution >= 0.6 is 0 Å². The number of nitrogens with one attached hydrogen (secondary N) is 2. The number of rotatable bonds is 11. The number of benzene rings is 3. The summed E-state index contributed by atoms with van der Waals surface area (Å²) in [6.45, 7) is 3.99. The average molecular weight is 493 g/mol. The van der Waals surface area contributed by atoms with Crippen LogP contribution in [0.1, 0.15) is 38.4 Å². The fraction of sp³-hybridized carbons (Fsp3) is 0.286. The third-order valence-electron chi connectivity index (χ3n) is 5.82. The fourth-order valence-corrected chi connectivity index (χ4v) is 4.00. The highest BCUT2D eigenvalue weighted by molar-refractivity contribution is 6.00. The van der Waals surface area contributed by atoms with Crippen LogP contribution in [0.25, 0.3) is 10.8 Å². The molecule has 36 heavy (non-hydrogen) atoms. The summed E-state index contributed by atoms with van der Waals surface area (Å²) in [7, 11) is 0. The monoisotopic (exact) mass is 492 g/mol. The molecule has 0 aliphatic heterocycles. The van der Waals surface area contributed by atoms with E-state index < -0.39 is 23.5 Å². The molecule has 3 rings (SSSR count). The number of hydroxylamine groups is 1. The van der Waals surface area contributed by atoms with Gasteiger partial charge in [-0.05, 0) is 42.0 Å². The molecule has 0 unspecified atom stereocenters. The van der Waals surface area contributed by atoms with Crippen LogP contribution in [0.4, 0.5) is 10.5 Å². The van der Waals surface area contributed by atoms with Crippen molar-refractivity contribution in [2.75, 3.05) is 18.5 Å². The summed E-state index contributed by atoms with van der Waals surface area (Å²) in [4.78, 5) is 24.4. The van der Waals surface area contributed by atoms with E-state index in [1.165, 1.54) is 6.08 Å². The lowest BCUT2D eigenvalue weighted by atomic mass is 9.78. The van der Waals surface area contributed by atoms with Crippen LogP contribution in [0.15, 0.2) is 78.9 Å². The van der Waals surface area contributed by atoms with Gasteiger partial charge in [-0.1, -0.05) is 68.5 Å². The van der Waals surface area contributed by atoms with Gasteiger partial charge in [0.2, 0.25) is 0 Å². The van der Waals surface area contributed by atoms with Crippen molar-refractivity contribution in [1.82, 2.24) is 5.48 Å². The number of fused-ring (bicyclic) bond motifs is 1. The molecule has 0 aliphatic carbocycles. The smallest absolute Gasteiger partial charge is 0.412 e. The minimum Gasteiger partial charge on any atom is -0.491 e. The maximum absolute atomic E-state index is 13.1. The van der Waals surface area contributed by atoms with Gasteiger partial charge in [0.15, 0.2) is 0 Å². The summed E-state index contributed by atoms with van der Waals surface area (Å²) in [6, 6.07) is 20.7. The predicted molar refractivity (Wildman–Crippen MR) is 138 cm³/mol. The zero-order chi connectivity index (χ0) is 26.0. The molecule has 3 aromatic carbocycles. The number of aliphatic hydroxyl groups is 1. The molecule has 2 amide bonds. The normalized spacial score (nSPS) is 12.3. The number of carbonyl (C=O) groups excluding carboxylic acids is 2. The van der Waals surface area contributed by atoms with Gasteiger partial charge in [0, 0.05) is 16.9 Å². The Morgan fingerprint density at radius 1 is 1.06 bits per heavy atom. The van der Waals surface area contributed by atoms with Gasteiger partial charge in [-0.2, -0.15) is 0 Å². The van der Waals surface area contributed by atoms with Crippen molar-refractivity contribution in [3.63, 3.8) is 0 Å². The number of aliphatic hydroxyl groups excluding tert-OH is 1. The van der Waals surface area contributed by atoms with E-state index in [1.807, 2.05) is 68.4 Å². The van der Waals surface area contributed by atoms with E-state index in [4.69, 9.17) is 19.8 Å². The number of anilines is 1. The highest BCUT2D eigenvalue weighted by Gasteiger charge is 2.34. The zero-order valence-electron chi connectivity index (χ0n) is 20.4. The lowest BCUT2D eigenvalue weighted by molar-refractivity contribution is -0.124. The number of hydrogen-bond donors (Lipinski definition) is 4. The number of ether oxygens (including phenoxy) is 2.